The van der Waals surface area contributed by atoms with Crippen molar-refractivity contribution in [2.75, 3.05) is 13.7 Å². The Labute approximate surface area is 108 Å². The monoisotopic (exact) mass is 248 g/mol. The van der Waals surface area contributed by atoms with Crippen LogP contribution in [0.1, 0.15) is 24.8 Å². The van der Waals surface area contributed by atoms with E-state index in [1.54, 1.807) is 7.11 Å². The third-order valence-electron chi connectivity index (χ3n) is 3.33. The van der Waals surface area contributed by atoms with Crippen molar-refractivity contribution >= 4 is 5.91 Å². The van der Waals surface area contributed by atoms with Crippen LogP contribution in [0.4, 0.5) is 0 Å². The Hall–Kier alpha value is -1.55. The molecule has 1 aliphatic heterocycles. The highest BCUT2D eigenvalue weighted by atomic mass is 16.5. The van der Waals surface area contributed by atoms with Gasteiger partial charge < -0.3 is 15.4 Å². The van der Waals surface area contributed by atoms with Crippen LogP contribution in [-0.2, 0) is 11.3 Å². The van der Waals surface area contributed by atoms with E-state index in [1.807, 2.05) is 29.2 Å². The molecule has 1 atom stereocenters. The van der Waals surface area contributed by atoms with E-state index < -0.39 is 0 Å². The van der Waals surface area contributed by atoms with Crippen LogP contribution in [0.15, 0.2) is 24.3 Å². The maximum Gasteiger partial charge on any atom is 0.239 e. The summed E-state index contributed by atoms with van der Waals surface area (Å²) in [7, 11) is 1.64. The zero-order valence-corrected chi connectivity index (χ0v) is 10.8. The minimum Gasteiger partial charge on any atom is -0.497 e. The molecule has 1 saturated heterocycles. The number of rotatable bonds is 3. The zero-order valence-electron chi connectivity index (χ0n) is 10.8. The minimum atomic E-state index is -0.335. The quantitative estimate of drug-likeness (QED) is 0.882. The first kappa shape index (κ1) is 12.9. The fourth-order valence-electron chi connectivity index (χ4n) is 2.28. The van der Waals surface area contributed by atoms with Crippen molar-refractivity contribution in [3.05, 3.63) is 29.8 Å². The number of ether oxygens (including phenoxy) is 1. The number of methoxy groups -OCH3 is 1. The number of hydrogen-bond acceptors (Lipinski definition) is 3. The minimum absolute atomic E-state index is 0.0651. The third kappa shape index (κ3) is 3.01. The average Bonchev–Trinajstić information content (AvgIpc) is 2.55. The van der Waals surface area contributed by atoms with Crippen LogP contribution < -0.4 is 10.5 Å². The van der Waals surface area contributed by atoms with Crippen LogP contribution in [0.25, 0.3) is 0 Å². The van der Waals surface area contributed by atoms with Crippen molar-refractivity contribution in [2.24, 2.45) is 5.73 Å². The van der Waals surface area contributed by atoms with E-state index in [0.29, 0.717) is 6.54 Å². The van der Waals surface area contributed by atoms with Gasteiger partial charge in [-0.1, -0.05) is 12.1 Å². The Morgan fingerprint density at radius 2 is 2.28 bits per heavy atom. The van der Waals surface area contributed by atoms with Gasteiger partial charge in [0.05, 0.1) is 13.2 Å². The molecule has 0 saturated carbocycles. The second kappa shape index (κ2) is 5.87. The van der Waals surface area contributed by atoms with Gasteiger partial charge in [0.2, 0.25) is 5.91 Å². The second-order valence-electron chi connectivity index (χ2n) is 4.71. The fraction of sp³-hybridized carbons (Fsp3) is 0.500. The molecule has 0 spiro atoms. The summed E-state index contributed by atoms with van der Waals surface area (Å²) in [6.45, 7) is 1.41. The normalized spacial score (nSPS) is 20.7. The molecule has 0 radical (unpaired) electrons. The highest BCUT2D eigenvalue weighted by Crippen LogP contribution is 2.17. The van der Waals surface area contributed by atoms with Gasteiger partial charge in [-0.05, 0) is 37.0 Å². The lowest BCUT2D eigenvalue weighted by atomic mass is 10.1. The van der Waals surface area contributed by atoms with Crippen molar-refractivity contribution in [1.82, 2.24) is 4.90 Å². The van der Waals surface area contributed by atoms with Crippen molar-refractivity contribution < 1.29 is 9.53 Å². The molecule has 18 heavy (non-hydrogen) atoms. The van der Waals surface area contributed by atoms with E-state index in [9.17, 15) is 4.79 Å². The highest BCUT2D eigenvalue weighted by Gasteiger charge is 2.23. The first-order chi connectivity index (χ1) is 8.70. The summed E-state index contributed by atoms with van der Waals surface area (Å²) in [6, 6.07) is 7.48. The summed E-state index contributed by atoms with van der Waals surface area (Å²) in [5.41, 5.74) is 6.94. The van der Waals surface area contributed by atoms with Crippen LogP contribution in [0.5, 0.6) is 5.75 Å². The lowest BCUT2D eigenvalue weighted by Crippen LogP contribution is -2.41. The Balaban J connectivity index is 2.08. The zero-order chi connectivity index (χ0) is 13.0. The molecular formula is C14H20N2O2. The van der Waals surface area contributed by atoms with Gasteiger partial charge in [0, 0.05) is 13.1 Å². The highest BCUT2D eigenvalue weighted by molar-refractivity contribution is 5.81. The third-order valence-corrected chi connectivity index (χ3v) is 3.33. The summed E-state index contributed by atoms with van der Waals surface area (Å²) >= 11 is 0. The fourth-order valence-corrected chi connectivity index (χ4v) is 2.28. The van der Waals surface area contributed by atoms with E-state index in [0.717, 1.165) is 37.1 Å². The maximum atomic E-state index is 12.1. The van der Waals surface area contributed by atoms with Crippen molar-refractivity contribution in [3.8, 4) is 5.75 Å². The molecule has 0 aromatic heterocycles. The number of hydrogen-bond donors (Lipinski definition) is 1. The van der Waals surface area contributed by atoms with Crippen molar-refractivity contribution in [3.63, 3.8) is 0 Å². The molecule has 1 aromatic carbocycles. The van der Waals surface area contributed by atoms with Crippen LogP contribution in [0, 0.1) is 0 Å². The topological polar surface area (TPSA) is 55.6 Å². The Kier molecular flexibility index (Phi) is 4.20. The van der Waals surface area contributed by atoms with Gasteiger partial charge in [0.1, 0.15) is 5.75 Å². The molecule has 1 fully saturated rings. The van der Waals surface area contributed by atoms with Gasteiger partial charge in [0.15, 0.2) is 0 Å². The Morgan fingerprint density at radius 3 is 3.06 bits per heavy atom. The second-order valence-corrected chi connectivity index (χ2v) is 4.71. The molecule has 1 aromatic rings. The van der Waals surface area contributed by atoms with E-state index in [4.69, 9.17) is 10.5 Å². The Bertz CT molecular complexity index is 420. The van der Waals surface area contributed by atoms with Crippen LogP contribution in [0.3, 0.4) is 0 Å². The molecular weight excluding hydrogens is 228 g/mol. The summed E-state index contributed by atoms with van der Waals surface area (Å²) in [5.74, 6) is 0.884. The number of nitrogens with two attached hydrogens (primary N) is 1. The molecule has 4 nitrogen and oxygen atoms in total. The largest absolute Gasteiger partial charge is 0.497 e. The SMILES string of the molecule is COc1cccc(CN2CCCCC(N)C2=O)c1. The smallest absolute Gasteiger partial charge is 0.239 e. The summed E-state index contributed by atoms with van der Waals surface area (Å²) in [6.07, 6.45) is 2.86. The predicted molar refractivity (Wildman–Crippen MR) is 70.2 cm³/mol. The number of nitrogens with zero attached hydrogens (tertiary/aromatic N) is 1. The van der Waals surface area contributed by atoms with Gasteiger partial charge in [0.25, 0.3) is 0 Å². The lowest BCUT2D eigenvalue weighted by Gasteiger charge is -2.22. The molecule has 1 amide bonds. The van der Waals surface area contributed by atoms with E-state index in [-0.39, 0.29) is 11.9 Å². The summed E-state index contributed by atoms with van der Waals surface area (Å²) < 4.78 is 5.19. The Morgan fingerprint density at radius 1 is 1.44 bits per heavy atom. The number of carbonyl (C=O) groups excluding carboxylic acids is 1. The van der Waals surface area contributed by atoms with Gasteiger partial charge >= 0.3 is 0 Å². The standard InChI is InChI=1S/C14H20N2O2/c1-18-12-6-4-5-11(9-12)10-16-8-3-2-7-13(15)14(16)17/h4-6,9,13H,2-3,7-8,10,15H2,1H3. The number of carbonyl (C=O) groups is 1. The predicted octanol–water partition coefficient (Wildman–Crippen LogP) is 1.53. The van der Waals surface area contributed by atoms with Crippen LogP contribution in [-0.4, -0.2) is 30.5 Å². The van der Waals surface area contributed by atoms with E-state index in [1.165, 1.54) is 0 Å². The first-order valence-electron chi connectivity index (χ1n) is 6.38. The number of benzene rings is 1. The van der Waals surface area contributed by atoms with Crippen molar-refractivity contribution in [2.45, 2.75) is 31.8 Å². The molecule has 98 valence electrons. The van der Waals surface area contributed by atoms with Gasteiger partial charge in [-0.2, -0.15) is 0 Å². The molecule has 1 unspecified atom stereocenters. The van der Waals surface area contributed by atoms with Crippen LogP contribution >= 0.6 is 0 Å². The summed E-state index contributed by atoms with van der Waals surface area (Å²) in [4.78, 5) is 13.9. The number of likely N-dealkylation sites (tertiary alicyclic amines) is 1. The molecule has 2 rings (SSSR count). The first-order valence-corrected chi connectivity index (χ1v) is 6.38. The molecule has 4 heteroatoms. The van der Waals surface area contributed by atoms with Crippen molar-refractivity contribution in [1.29, 1.82) is 0 Å². The number of amides is 1. The molecule has 1 aliphatic rings. The average molecular weight is 248 g/mol. The van der Waals surface area contributed by atoms with Crippen LogP contribution in [0.2, 0.25) is 0 Å². The lowest BCUT2D eigenvalue weighted by molar-refractivity contribution is -0.132. The van der Waals surface area contributed by atoms with Gasteiger partial charge in [-0.25, -0.2) is 0 Å². The summed E-state index contributed by atoms with van der Waals surface area (Å²) in [5, 5.41) is 0. The van der Waals surface area contributed by atoms with Gasteiger partial charge in [-0.15, -0.1) is 0 Å². The molecule has 1 heterocycles. The molecule has 0 bridgehead atoms. The van der Waals surface area contributed by atoms with E-state index in [2.05, 4.69) is 0 Å². The van der Waals surface area contributed by atoms with Gasteiger partial charge in [-0.3, -0.25) is 4.79 Å². The van der Waals surface area contributed by atoms with E-state index >= 15 is 0 Å². The maximum absolute atomic E-state index is 12.1. The molecule has 0 aliphatic carbocycles. The molecule has 2 N–H and O–H groups in total.